The summed E-state index contributed by atoms with van der Waals surface area (Å²) in [5, 5.41) is 11.7. The molecule has 0 spiro atoms. The van der Waals surface area contributed by atoms with E-state index >= 15 is 0 Å². The summed E-state index contributed by atoms with van der Waals surface area (Å²) in [6.45, 7) is 1.95. The van der Waals surface area contributed by atoms with Gasteiger partial charge in [0.1, 0.15) is 5.82 Å². The Labute approximate surface area is 89.3 Å². The van der Waals surface area contributed by atoms with E-state index in [4.69, 9.17) is 15.6 Å². The molecule has 5 nitrogen and oxygen atoms in total. The van der Waals surface area contributed by atoms with E-state index < -0.39 is 0 Å². The van der Waals surface area contributed by atoms with Gasteiger partial charge in [0.2, 0.25) is 0 Å². The number of hydrogen-bond donors (Lipinski definition) is 3. The molecule has 84 valence electrons. The lowest BCUT2D eigenvalue weighted by Gasteiger charge is -2.06. The fourth-order valence-electron chi connectivity index (χ4n) is 1.08. The van der Waals surface area contributed by atoms with Crippen LogP contribution in [0.3, 0.4) is 0 Å². The summed E-state index contributed by atoms with van der Waals surface area (Å²) in [5.74, 6) is 0.520. The number of nitrogens with two attached hydrogens (primary N) is 1. The molecule has 0 saturated heterocycles. The Bertz CT molecular complexity index is 264. The SMILES string of the molecule is Nc1ccc(NCCCOCCO)cn1. The van der Waals surface area contributed by atoms with E-state index in [0.717, 1.165) is 18.7 Å². The Morgan fingerprint density at radius 2 is 2.27 bits per heavy atom. The molecular formula is C10H17N3O2. The zero-order valence-corrected chi connectivity index (χ0v) is 8.65. The largest absolute Gasteiger partial charge is 0.394 e. The van der Waals surface area contributed by atoms with E-state index in [9.17, 15) is 0 Å². The number of nitrogens with zero attached hydrogens (tertiary/aromatic N) is 1. The zero-order chi connectivity index (χ0) is 10.9. The first-order chi connectivity index (χ1) is 7.33. The smallest absolute Gasteiger partial charge is 0.123 e. The van der Waals surface area contributed by atoms with Crippen LogP contribution in [0.15, 0.2) is 18.3 Å². The van der Waals surface area contributed by atoms with Crippen LogP contribution in [0.1, 0.15) is 6.42 Å². The molecule has 0 saturated carbocycles. The van der Waals surface area contributed by atoms with E-state index in [1.54, 1.807) is 12.3 Å². The highest BCUT2D eigenvalue weighted by molar-refractivity contribution is 5.45. The van der Waals surface area contributed by atoms with Crippen LogP contribution in [0, 0.1) is 0 Å². The first-order valence-corrected chi connectivity index (χ1v) is 4.97. The van der Waals surface area contributed by atoms with Crippen LogP contribution in [0.25, 0.3) is 0 Å². The molecule has 5 heteroatoms. The number of nitrogens with one attached hydrogen (secondary N) is 1. The van der Waals surface area contributed by atoms with Crippen LogP contribution in [0.2, 0.25) is 0 Å². The number of anilines is 2. The van der Waals surface area contributed by atoms with Crippen LogP contribution in [0.5, 0.6) is 0 Å². The fraction of sp³-hybridized carbons (Fsp3) is 0.500. The van der Waals surface area contributed by atoms with Gasteiger partial charge < -0.3 is 20.9 Å². The third-order valence-corrected chi connectivity index (χ3v) is 1.82. The van der Waals surface area contributed by atoms with Crippen molar-refractivity contribution >= 4 is 11.5 Å². The van der Waals surface area contributed by atoms with E-state index in [0.29, 0.717) is 19.0 Å². The predicted octanol–water partition coefficient (Wildman–Crippen LogP) is 0.475. The van der Waals surface area contributed by atoms with Crippen LogP contribution in [0.4, 0.5) is 11.5 Å². The highest BCUT2D eigenvalue weighted by atomic mass is 16.5. The quantitative estimate of drug-likeness (QED) is 0.571. The summed E-state index contributed by atoms with van der Waals surface area (Å²) in [6, 6.07) is 3.64. The zero-order valence-electron chi connectivity index (χ0n) is 8.65. The van der Waals surface area contributed by atoms with Gasteiger partial charge in [0.15, 0.2) is 0 Å². The minimum absolute atomic E-state index is 0.0787. The average molecular weight is 211 g/mol. The molecule has 0 aliphatic heterocycles. The van der Waals surface area contributed by atoms with Gasteiger partial charge in [-0.05, 0) is 18.6 Å². The van der Waals surface area contributed by atoms with E-state index in [1.807, 2.05) is 6.07 Å². The van der Waals surface area contributed by atoms with Gasteiger partial charge in [-0.2, -0.15) is 0 Å². The molecule has 4 N–H and O–H groups in total. The molecule has 0 fully saturated rings. The summed E-state index contributed by atoms with van der Waals surface area (Å²) < 4.78 is 5.11. The van der Waals surface area contributed by atoms with Gasteiger partial charge in [0, 0.05) is 13.2 Å². The van der Waals surface area contributed by atoms with Crippen LogP contribution >= 0.6 is 0 Å². The van der Waals surface area contributed by atoms with Crippen molar-refractivity contribution < 1.29 is 9.84 Å². The van der Waals surface area contributed by atoms with Gasteiger partial charge in [0.25, 0.3) is 0 Å². The lowest BCUT2D eigenvalue weighted by Crippen LogP contribution is -2.07. The van der Waals surface area contributed by atoms with Gasteiger partial charge in [-0.3, -0.25) is 0 Å². The van der Waals surface area contributed by atoms with Gasteiger partial charge in [-0.1, -0.05) is 0 Å². The van der Waals surface area contributed by atoms with Gasteiger partial charge in [-0.25, -0.2) is 4.98 Å². The number of nitrogen functional groups attached to an aromatic ring is 1. The highest BCUT2D eigenvalue weighted by Gasteiger charge is 1.92. The van der Waals surface area contributed by atoms with Crippen molar-refractivity contribution in [1.29, 1.82) is 0 Å². The Balaban J connectivity index is 2.07. The normalized spacial score (nSPS) is 10.2. The number of ether oxygens (including phenoxy) is 1. The van der Waals surface area contributed by atoms with Gasteiger partial charge >= 0.3 is 0 Å². The average Bonchev–Trinajstić information content (AvgIpc) is 2.26. The van der Waals surface area contributed by atoms with Crippen molar-refractivity contribution in [3.63, 3.8) is 0 Å². The second kappa shape index (κ2) is 7.03. The number of rotatable bonds is 7. The lowest BCUT2D eigenvalue weighted by atomic mass is 10.4. The number of aliphatic hydroxyl groups is 1. The second-order valence-corrected chi connectivity index (χ2v) is 3.09. The standard InChI is InChI=1S/C10H17N3O2/c11-10-3-2-9(8-13-10)12-4-1-6-15-7-5-14/h2-3,8,12,14H,1,4-7H2,(H2,11,13). The maximum Gasteiger partial charge on any atom is 0.123 e. The molecule has 15 heavy (non-hydrogen) atoms. The van der Waals surface area contributed by atoms with Crippen molar-refractivity contribution in [3.05, 3.63) is 18.3 Å². The van der Waals surface area contributed by atoms with Crippen molar-refractivity contribution in [1.82, 2.24) is 4.98 Å². The molecule has 0 aliphatic rings. The molecule has 0 radical (unpaired) electrons. The van der Waals surface area contributed by atoms with E-state index in [2.05, 4.69) is 10.3 Å². The van der Waals surface area contributed by atoms with Gasteiger partial charge in [0.05, 0.1) is 25.1 Å². The number of hydrogen-bond acceptors (Lipinski definition) is 5. The maximum absolute atomic E-state index is 8.47. The summed E-state index contributed by atoms with van der Waals surface area (Å²) in [7, 11) is 0. The summed E-state index contributed by atoms with van der Waals surface area (Å²) in [5.41, 5.74) is 6.40. The molecule has 0 unspecified atom stereocenters. The Hall–Kier alpha value is -1.33. The summed E-state index contributed by atoms with van der Waals surface area (Å²) >= 11 is 0. The summed E-state index contributed by atoms with van der Waals surface area (Å²) in [6.07, 6.45) is 2.59. The third-order valence-electron chi connectivity index (χ3n) is 1.82. The maximum atomic E-state index is 8.47. The van der Waals surface area contributed by atoms with Crippen molar-refractivity contribution in [3.8, 4) is 0 Å². The minimum atomic E-state index is 0.0787. The minimum Gasteiger partial charge on any atom is -0.394 e. The van der Waals surface area contributed by atoms with Crippen molar-refractivity contribution in [2.45, 2.75) is 6.42 Å². The number of aromatic nitrogens is 1. The Kier molecular flexibility index (Phi) is 5.50. The molecule has 1 aromatic heterocycles. The van der Waals surface area contributed by atoms with E-state index in [1.165, 1.54) is 0 Å². The second-order valence-electron chi connectivity index (χ2n) is 3.09. The number of aliphatic hydroxyl groups excluding tert-OH is 1. The van der Waals surface area contributed by atoms with Crippen LogP contribution < -0.4 is 11.1 Å². The van der Waals surface area contributed by atoms with E-state index in [-0.39, 0.29) is 6.61 Å². The fourth-order valence-corrected chi connectivity index (χ4v) is 1.08. The highest BCUT2D eigenvalue weighted by Crippen LogP contribution is 2.06. The van der Waals surface area contributed by atoms with Crippen LogP contribution in [-0.4, -0.2) is 36.5 Å². The molecular weight excluding hydrogens is 194 g/mol. The van der Waals surface area contributed by atoms with Crippen molar-refractivity contribution in [2.75, 3.05) is 37.4 Å². The molecule has 0 bridgehead atoms. The molecule has 0 amide bonds. The molecule has 1 rings (SSSR count). The Morgan fingerprint density at radius 3 is 2.93 bits per heavy atom. The van der Waals surface area contributed by atoms with Crippen LogP contribution in [-0.2, 0) is 4.74 Å². The monoisotopic (exact) mass is 211 g/mol. The topological polar surface area (TPSA) is 80.4 Å². The first kappa shape index (κ1) is 11.7. The molecule has 0 aliphatic carbocycles. The molecule has 1 aromatic rings. The first-order valence-electron chi connectivity index (χ1n) is 4.97. The van der Waals surface area contributed by atoms with Crippen molar-refractivity contribution in [2.24, 2.45) is 0 Å². The Morgan fingerprint density at radius 1 is 1.40 bits per heavy atom. The predicted molar refractivity (Wildman–Crippen MR) is 59.7 cm³/mol. The lowest BCUT2D eigenvalue weighted by molar-refractivity contribution is 0.0922. The molecule has 1 heterocycles. The number of pyridine rings is 1. The summed E-state index contributed by atoms with van der Waals surface area (Å²) in [4.78, 5) is 3.96. The molecule has 0 aromatic carbocycles. The third kappa shape index (κ3) is 5.19. The molecule has 0 atom stereocenters. The van der Waals surface area contributed by atoms with Gasteiger partial charge in [-0.15, -0.1) is 0 Å².